The Morgan fingerprint density at radius 2 is 2.04 bits per heavy atom. The van der Waals surface area contributed by atoms with Gasteiger partial charge in [-0.2, -0.15) is 0 Å². The molecule has 6 nitrogen and oxygen atoms in total. The van der Waals surface area contributed by atoms with Crippen molar-refractivity contribution in [2.75, 3.05) is 39.9 Å². The zero-order chi connectivity index (χ0) is 16.5. The fraction of sp³-hybridized carbons (Fsp3) is 0.706. The van der Waals surface area contributed by atoms with Crippen molar-refractivity contribution in [2.24, 2.45) is 10.9 Å². The number of furan rings is 1. The predicted octanol–water partition coefficient (Wildman–Crippen LogP) is 2.31. The Labute approximate surface area is 162 Å². The molecule has 24 heavy (non-hydrogen) atoms. The number of morpholine rings is 1. The summed E-state index contributed by atoms with van der Waals surface area (Å²) < 4.78 is 10.8. The molecule has 1 aliphatic heterocycles. The van der Waals surface area contributed by atoms with Crippen molar-refractivity contribution in [3.8, 4) is 0 Å². The molecular weight excluding hydrogens is 419 g/mol. The maximum atomic E-state index is 5.47. The summed E-state index contributed by atoms with van der Waals surface area (Å²) in [6.07, 6.45) is 2.85. The number of ether oxygens (including phenoxy) is 1. The molecular formula is C17H31IN4O2. The molecule has 2 rings (SSSR count). The third-order valence-electron chi connectivity index (χ3n) is 4.04. The number of rotatable bonds is 7. The smallest absolute Gasteiger partial charge is 0.191 e. The molecule has 1 saturated heterocycles. The van der Waals surface area contributed by atoms with Crippen LogP contribution in [0.3, 0.4) is 0 Å². The standard InChI is InChI=1S/C17H30N4O2.HI/c1-14(2)11-15(21-6-9-22-10-7-21)12-19-17(18-3)20-13-16-5-4-8-23-16;/h4-5,8,14-15H,6-7,9-13H2,1-3H3,(H2,18,19,20);1H. The summed E-state index contributed by atoms with van der Waals surface area (Å²) in [5, 5.41) is 6.73. The van der Waals surface area contributed by atoms with Crippen LogP contribution >= 0.6 is 24.0 Å². The van der Waals surface area contributed by atoms with Gasteiger partial charge in [0, 0.05) is 32.7 Å². The van der Waals surface area contributed by atoms with Crippen molar-refractivity contribution in [3.05, 3.63) is 24.2 Å². The van der Waals surface area contributed by atoms with Gasteiger partial charge < -0.3 is 19.8 Å². The third-order valence-corrected chi connectivity index (χ3v) is 4.04. The molecule has 1 aromatic heterocycles. The number of nitrogens with zero attached hydrogens (tertiary/aromatic N) is 2. The Morgan fingerprint density at radius 1 is 1.29 bits per heavy atom. The maximum Gasteiger partial charge on any atom is 0.191 e. The van der Waals surface area contributed by atoms with Crippen LogP contribution in [0.15, 0.2) is 27.8 Å². The van der Waals surface area contributed by atoms with E-state index >= 15 is 0 Å². The van der Waals surface area contributed by atoms with Crippen LogP contribution in [0.25, 0.3) is 0 Å². The highest BCUT2D eigenvalue weighted by Gasteiger charge is 2.22. The van der Waals surface area contributed by atoms with Crippen LogP contribution < -0.4 is 10.6 Å². The molecule has 1 aromatic rings. The first-order valence-corrected chi connectivity index (χ1v) is 8.47. The molecule has 0 aromatic carbocycles. The summed E-state index contributed by atoms with van der Waals surface area (Å²) in [4.78, 5) is 6.82. The Morgan fingerprint density at radius 3 is 2.62 bits per heavy atom. The Balaban J connectivity index is 0.00000288. The molecule has 0 amide bonds. The highest BCUT2D eigenvalue weighted by Crippen LogP contribution is 2.13. The first-order chi connectivity index (χ1) is 11.2. The van der Waals surface area contributed by atoms with Crippen molar-refractivity contribution in [1.82, 2.24) is 15.5 Å². The number of hydrogen-bond donors (Lipinski definition) is 2. The van der Waals surface area contributed by atoms with Crippen molar-refractivity contribution in [2.45, 2.75) is 32.9 Å². The number of guanidine groups is 1. The molecule has 1 unspecified atom stereocenters. The van der Waals surface area contributed by atoms with E-state index in [-0.39, 0.29) is 24.0 Å². The van der Waals surface area contributed by atoms with Crippen LogP contribution in [-0.2, 0) is 11.3 Å². The van der Waals surface area contributed by atoms with Crippen LogP contribution in [0.2, 0.25) is 0 Å². The molecule has 7 heteroatoms. The second-order valence-corrected chi connectivity index (χ2v) is 6.32. The van der Waals surface area contributed by atoms with Crippen LogP contribution in [-0.4, -0.2) is 56.8 Å². The van der Waals surface area contributed by atoms with Crippen molar-refractivity contribution in [1.29, 1.82) is 0 Å². The minimum atomic E-state index is 0. The Hall–Kier alpha value is -0.800. The maximum absolute atomic E-state index is 5.47. The lowest BCUT2D eigenvalue weighted by atomic mass is 10.0. The van der Waals surface area contributed by atoms with E-state index in [1.54, 1.807) is 13.3 Å². The van der Waals surface area contributed by atoms with Gasteiger partial charge in [0.2, 0.25) is 0 Å². The van der Waals surface area contributed by atoms with E-state index in [0.717, 1.165) is 44.6 Å². The molecule has 0 aliphatic carbocycles. The van der Waals surface area contributed by atoms with Gasteiger partial charge in [0.05, 0.1) is 26.0 Å². The van der Waals surface area contributed by atoms with Crippen LogP contribution in [0.1, 0.15) is 26.0 Å². The summed E-state index contributed by atoms with van der Waals surface area (Å²) in [7, 11) is 1.80. The van der Waals surface area contributed by atoms with Gasteiger partial charge in [0.25, 0.3) is 0 Å². The molecule has 1 fully saturated rings. The molecule has 1 aliphatic rings. The summed E-state index contributed by atoms with van der Waals surface area (Å²) >= 11 is 0. The van der Waals surface area contributed by atoms with Crippen molar-refractivity contribution >= 4 is 29.9 Å². The van der Waals surface area contributed by atoms with E-state index < -0.39 is 0 Å². The van der Waals surface area contributed by atoms with Gasteiger partial charge >= 0.3 is 0 Å². The molecule has 2 heterocycles. The fourth-order valence-corrected chi connectivity index (χ4v) is 2.87. The molecule has 2 N–H and O–H groups in total. The van der Waals surface area contributed by atoms with Crippen molar-refractivity contribution < 1.29 is 9.15 Å². The molecule has 138 valence electrons. The van der Waals surface area contributed by atoms with E-state index in [1.807, 2.05) is 12.1 Å². The fourth-order valence-electron chi connectivity index (χ4n) is 2.87. The van der Waals surface area contributed by atoms with Crippen molar-refractivity contribution in [3.63, 3.8) is 0 Å². The molecule has 0 saturated carbocycles. The Kier molecular flexibility index (Phi) is 10.4. The topological polar surface area (TPSA) is 62.0 Å². The van der Waals surface area contributed by atoms with Gasteiger partial charge in [0.15, 0.2) is 5.96 Å². The second-order valence-electron chi connectivity index (χ2n) is 6.32. The van der Waals surface area contributed by atoms with E-state index in [0.29, 0.717) is 18.5 Å². The van der Waals surface area contributed by atoms with E-state index in [2.05, 4.69) is 34.4 Å². The second kappa shape index (κ2) is 11.7. The highest BCUT2D eigenvalue weighted by atomic mass is 127. The average molecular weight is 450 g/mol. The summed E-state index contributed by atoms with van der Waals surface area (Å²) in [6, 6.07) is 4.35. The number of halogens is 1. The number of nitrogens with one attached hydrogen (secondary N) is 2. The molecule has 0 bridgehead atoms. The van der Waals surface area contributed by atoms with Crippen LogP contribution in [0, 0.1) is 5.92 Å². The lowest BCUT2D eigenvalue weighted by Gasteiger charge is -2.35. The lowest BCUT2D eigenvalue weighted by Crippen LogP contribution is -2.50. The zero-order valence-electron chi connectivity index (χ0n) is 15.0. The number of hydrogen-bond acceptors (Lipinski definition) is 4. The Bertz CT molecular complexity index is 459. The van der Waals surface area contributed by atoms with E-state index in [9.17, 15) is 0 Å². The largest absolute Gasteiger partial charge is 0.467 e. The number of aliphatic imine (C=N–C) groups is 1. The molecule has 0 spiro atoms. The minimum Gasteiger partial charge on any atom is -0.467 e. The lowest BCUT2D eigenvalue weighted by molar-refractivity contribution is 0.0132. The third kappa shape index (κ3) is 7.40. The van der Waals surface area contributed by atoms with Gasteiger partial charge in [0.1, 0.15) is 5.76 Å². The van der Waals surface area contributed by atoms with E-state index in [1.165, 1.54) is 6.42 Å². The molecule has 1 atom stereocenters. The van der Waals surface area contributed by atoms with Crippen LogP contribution in [0.5, 0.6) is 0 Å². The summed E-state index contributed by atoms with van der Waals surface area (Å²) in [6.45, 7) is 9.76. The van der Waals surface area contributed by atoms with Gasteiger partial charge in [-0.15, -0.1) is 24.0 Å². The highest BCUT2D eigenvalue weighted by molar-refractivity contribution is 14.0. The summed E-state index contributed by atoms with van der Waals surface area (Å²) in [5.41, 5.74) is 0. The molecule has 0 radical (unpaired) electrons. The van der Waals surface area contributed by atoms with Gasteiger partial charge in [-0.1, -0.05) is 13.8 Å². The quantitative estimate of drug-likeness (QED) is 0.379. The van der Waals surface area contributed by atoms with Crippen LogP contribution in [0.4, 0.5) is 0 Å². The first kappa shape index (κ1) is 21.2. The normalized spacial score (nSPS) is 17.4. The predicted molar refractivity (Wildman–Crippen MR) is 108 cm³/mol. The van der Waals surface area contributed by atoms with Gasteiger partial charge in [-0.3, -0.25) is 9.89 Å². The van der Waals surface area contributed by atoms with Gasteiger partial charge in [-0.25, -0.2) is 0 Å². The van der Waals surface area contributed by atoms with E-state index in [4.69, 9.17) is 9.15 Å². The average Bonchev–Trinajstić information content (AvgIpc) is 3.07. The summed E-state index contributed by atoms with van der Waals surface area (Å²) in [5.74, 6) is 2.38. The monoisotopic (exact) mass is 450 g/mol. The minimum absolute atomic E-state index is 0. The first-order valence-electron chi connectivity index (χ1n) is 8.47. The zero-order valence-corrected chi connectivity index (χ0v) is 17.3. The SMILES string of the molecule is CN=C(NCc1ccco1)NCC(CC(C)C)N1CCOCC1.I. The van der Waals surface area contributed by atoms with Gasteiger partial charge in [-0.05, 0) is 24.5 Å².